The molecule has 6 heteroatoms. The van der Waals surface area contributed by atoms with Crippen LogP contribution in [0.1, 0.15) is 15.9 Å². The van der Waals surface area contributed by atoms with E-state index in [-0.39, 0.29) is 23.9 Å². The number of rotatable bonds is 6. The molecule has 1 aromatic heterocycles. The molecule has 1 unspecified atom stereocenters. The van der Waals surface area contributed by atoms with Crippen LogP contribution in [0.25, 0.3) is 11.1 Å². The van der Waals surface area contributed by atoms with E-state index in [9.17, 15) is 14.0 Å². The first-order chi connectivity index (χ1) is 16.1. The molecule has 1 atom stereocenters. The van der Waals surface area contributed by atoms with Gasteiger partial charge in [0.05, 0.1) is 5.92 Å². The zero-order chi connectivity index (χ0) is 23.2. The molecule has 0 spiro atoms. The molecule has 5 nitrogen and oxygen atoms in total. The monoisotopic (exact) mass is 443 g/mol. The summed E-state index contributed by atoms with van der Waals surface area (Å²) in [5.74, 6) is -1.15. The molecular formula is C27H26FN3O2. The van der Waals surface area contributed by atoms with Crippen molar-refractivity contribution in [2.24, 2.45) is 5.92 Å². The van der Waals surface area contributed by atoms with Gasteiger partial charge in [-0.1, -0.05) is 36.4 Å². The van der Waals surface area contributed by atoms with Gasteiger partial charge in [0.2, 0.25) is 5.91 Å². The number of benzene rings is 2. The van der Waals surface area contributed by atoms with E-state index in [0.29, 0.717) is 26.1 Å². The lowest BCUT2D eigenvalue weighted by atomic mass is 9.91. The molecule has 1 saturated heterocycles. The number of hydrogen-bond acceptors (Lipinski definition) is 3. The molecule has 0 aliphatic carbocycles. The van der Waals surface area contributed by atoms with Gasteiger partial charge in [0, 0.05) is 44.1 Å². The van der Waals surface area contributed by atoms with Crippen molar-refractivity contribution in [3.05, 3.63) is 103 Å². The topological polar surface area (TPSA) is 53.5 Å². The van der Waals surface area contributed by atoms with Crippen LogP contribution in [0, 0.1) is 11.7 Å². The van der Waals surface area contributed by atoms with Crippen LogP contribution in [-0.4, -0.2) is 52.8 Å². The molecule has 0 N–H and O–H groups in total. The van der Waals surface area contributed by atoms with Crippen LogP contribution in [-0.2, 0) is 11.2 Å². The molecule has 0 bridgehead atoms. The maximum absolute atomic E-state index is 13.7. The molecular weight excluding hydrogens is 417 g/mol. The summed E-state index contributed by atoms with van der Waals surface area (Å²) < 4.78 is 13.7. The molecule has 0 radical (unpaired) electrons. The Hall–Kier alpha value is -3.80. The number of carbonyl (C=O) groups is 2. The van der Waals surface area contributed by atoms with Gasteiger partial charge >= 0.3 is 0 Å². The lowest BCUT2D eigenvalue weighted by molar-refractivity contribution is -0.134. The Labute approximate surface area is 193 Å². The van der Waals surface area contributed by atoms with Crippen LogP contribution in [0.5, 0.6) is 0 Å². The average molecular weight is 444 g/mol. The minimum atomic E-state index is -0.456. The minimum absolute atomic E-state index is 0.00558. The third-order valence-electron chi connectivity index (χ3n) is 5.92. The van der Waals surface area contributed by atoms with Crippen LogP contribution in [0.3, 0.4) is 0 Å². The lowest BCUT2D eigenvalue weighted by Gasteiger charge is -2.24. The summed E-state index contributed by atoms with van der Waals surface area (Å²) in [6.45, 7) is 5.26. The zero-order valence-corrected chi connectivity index (χ0v) is 18.4. The molecule has 4 rings (SSSR count). The van der Waals surface area contributed by atoms with Crippen molar-refractivity contribution < 1.29 is 14.0 Å². The van der Waals surface area contributed by atoms with E-state index in [0.717, 1.165) is 16.7 Å². The number of halogens is 1. The fourth-order valence-corrected chi connectivity index (χ4v) is 4.30. The fourth-order valence-electron chi connectivity index (χ4n) is 4.30. The van der Waals surface area contributed by atoms with Crippen molar-refractivity contribution in [1.29, 1.82) is 0 Å². The van der Waals surface area contributed by atoms with Gasteiger partial charge in [0.1, 0.15) is 5.82 Å². The standard InChI is InChI=1S/C27H26FN3O2/c1-2-14-30-15-16-31(26(32)22-7-5-8-24(28)18-22)19-23(27(30)33)17-21-6-3-4-9-25(21)20-10-12-29-13-11-20/h2-13,18,23H,1,14-17,19H2. The SMILES string of the molecule is C=CCN1CCN(C(=O)c2cccc(F)c2)CC(Cc2ccccc2-c2ccncc2)C1=O. The highest BCUT2D eigenvalue weighted by atomic mass is 19.1. The maximum Gasteiger partial charge on any atom is 0.254 e. The van der Waals surface area contributed by atoms with E-state index in [4.69, 9.17) is 0 Å². The quantitative estimate of drug-likeness (QED) is 0.536. The van der Waals surface area contributed by atoms with Gasteiger partial charge in [0.25, 0.3) is 5.91 Å². The average Bonchev–Trinajstić information content (AvgIpc) is 2.99. The van der Waals surface area contributed by atoms with Gasteiger partial charge in [-0.15, -0.1) is 6.58 Å². The number of hydrogen-bond donors (Lipinski definition) is 0. The van der Waals surface area contributed by atoms with Crippen LogP contribution in [0.2, 0.25) is 0 Å². The Kier molecular flexibility index (Phi) is 6.93. The van der Waals surface area contributed by atoms with Crippen molar-refractivity contribution in [3.8, 4) is 11.1 Å². The summed E-state index contributed by atoms with van der Waals surface area (Å²) >= 11 is 0. The van der Waals surface area contributed by atoms with Gasteiger partial charge in [-0.2, -0.15) is 0 Å². The predicted octanol–water partition coefficient (Wildman–Crippen LogP) is 4.22. The number of pyridine rings is 1. The summed E-state index contributed by atoms with van der Waals surface area (Å²) in [6, 6.07) is 17.5. The molecule has 0 saturated carbocycles. The summed E-state index contributed by atoms with van der Waals surface area (Å²) in [7, 11) is 0. The summed E-state index contributed by atoms with van der Waals surface area (Å²) in [4.78, 5) is 34.1. The van der Waals surface area contributed by atoms with Gasteiger partial charge < -0.3 is 9.80 Å². The molecule has 2 amide bonds. The zero-order valence-electron chi connectivity index (χ0n) is 18.4. The summed E-state index contributed by atoms with van der Waals surface area (Å²) in [5.41, 5.74) is 3.38. The van der Waals surface area contributed by atoms with E-state index in [1.807, 2.05) is 36.4 Å². The highest BCUT2D eigenvalue weighted by molar-refractivity contribution is 5.95. The summed E-state index contributed by atoms with van der Waals surface area (Å²) in [5, 5.41) is 0. The van der Waals surface area contributed by atoms with E-state index in [1.165, 1.54) is 18.2 Å². The number of carbonyl (C=O) groups excluding carboxylic acids is 2. The minimum Gasteiger partial charge on any atom is -0.337 e. The Bertz CT molecular complexity index is 1150. The van der Waals surface area contributed by atoms with Crippen LogP contribution < -0.4 is 0 Å². The van der Waals surface area contributed by atoms with Crippen LogP contribution in [0.15, 0.2) is 85.7 Å². The Morgan fingerprint density at radius 2 is 1.88 bits per heavy atom. The largest absolute Gasteiger partial charge is 0.337 e. The molecule has 2 heterocycles. The highest BCUT2D eigenvalue weighted by Crippen LogP contribution is 2.27. The predicted molar refractivity (Wildman–Crippen MR) is 126 cm³/mol. The Balaban J connectivity index is 1.64. The highest BCUT2D eigenvalue weighted by Gasteiger charge is 2.32. The van der Waals surface area contributed by atoms with E-state index >= 15 is 0 Å². The number of nitrogens with zero attached hydrogens (tertiary/aromatic N) is 3. The molecule has 168 valence electrons. The second kappa shape index (κ2) is 10.2. The van der Waals surface area contributed by atoms with E-state index in [1.54, 1.807) is 34.3 Å². The molecule has 1 aliphatic heterocycles. The third kappa shape index (κ3) is 5.17. The first-order valence-corrected chi connectivity index (χ1v) is 11.0. The summed E-state index contributed by atoms with van der Waals surface area (Å²) in [6.07, 6.45) is 5.67. The first kappa shape index (κ1) is 22.4. The second-order valence-electron chi connectivity index (χ2n) is 8.13. The second-order valence-corrected chi connectivity index (χ2v) is 8.13. The molecule has 2 aromatic carbocycles. The van der Waals surface area contributed by atoms with Crippen molar-refractivity contribution in [2.75, 3.05) is 26.2 Å². The van der Waals surface area contributed by atoms with E-state index in [2.05, 4.69) is 11.6 Å². The van der Waals surface area contributed by atoms with Crippen LogP contribution in [0.4, 0.5) is 4.39 Å². The van der Waals surface area contributed by atoms with Crippen molar-refractivity contribution in [1.82, 2.24) is 14.8 Å². The van der Waals surface area contributed by atoms with E-state index < -0.39 is 11.7 Å². The first-order valence-electron chi connectivity index (χ1n) is 11.0. The normalized spacial score (nSPS) is 16.4. The van der Waals surface area contributed by atoms with Gasteiger partial charge in [-0.05, 0) is 53.4 Å². The lowest BCUT2D eigenvalue weighted by Crippen LogP contribution is -2.38. The third-order valence-corrected chi connectivity index (χ3v) is 5.92. The molecule has 3 aromatic rings. The number of aromatic nitrogens is 1. The molecule has 33 heavy (non-hydrogen) atoms. The van der Waals surface area contributed by atoms with Gasteiger partial charge in [-0.3, -0.25) is 14.6 Å². The number of amides is 2. The fraction of sp³-hybridized carbons (Fsp3) is 0.222. The van der Waals surface area contributed by atoms with Crippen molar-refractivity contribution in [2.45, 2.75) is 6.42 Å². The smallest absolute Gasteiger partial charge is 0.254 e. The molecule has 1 aliphatic rings. The van der Waals surface area contributed by atoms with Crippen LogP contribution >= 0.6 is 0 Å². The van der Waals surface area contributed by atoms with Crippen molar-refractivity contribution >= 4 is 11.8 Å². The Morgan fingerprint density at radius 3 is 2.64 bits per heavy atom. The maximum atomic E-state index is 13.7. The van der Waals surface area contributed by atoms with Gasteiger partial charge in [0.15, 0.2) is 0 Å². The molecule has 1 fully saturated rings. The Morgan fingerprint density at radius 1 is 1.09 bits per heavy atom. The van der Waals surface area contributed by atoms with Crippen molar-refractivity contribution in [3.63, 3.8) is 0 Å². The van der Waals surface area contributed by atoms with Gasteiger partial charge in [-0.25, -0.2) is 4.39 Å².